The van der Waals surface area contributed by atoms with Crippen molar-refractivity contribution in [1.82, 2.24) is 4.90 Å². The maximum Gasteiger partial charge on any atom is 0.253 e. The SMILES string of the molecule is CN(CCOc1ccccc1)C(=O)c1ccc(CS(C)(=O)=O)cc1. The molecule has 0 atom stereocenters. The molecule has 1 amide bonds. The zero-order chi connectivity index (χ0) is 17.6. The van der Waals surface area contributed by atoms with Gasteiger partial charge in [0.15, 0.2) is 9.84 Å². The highest BCUT2D eigenvalue weighted by molar-refractivity contribution is 7.89. The van der Waals surface area contributed by atoms with E-state index in [0.717, 1.165) is 5.75 Å². The van der Waals surface area contributed by atoms with Gasteiger partial charge < -0.3 is 9.64 Å². The minimum atomic E-state index is -3.08. The third kappa shape index (κ3) is 5.70. The molecule has 0 saturated carbocycles. The van der Waals surface area contributed by atoms with Crippen LogP contribution in [0.3, 0.4) is 0 Å². The van der Waals surface area contributed by atoms with Gasteiger partial charge in [0.2, 0.25) is 0 Å². The lowest BCUT2D eigenvalue weighted by atomic mass is 10.1. The molecule has 128 valence electrons. The van der Waals surface area contributed by atoms with E-state index in [-0.39, 0.29) is 11.7 Å². The van der Waals surface area contributed by atoms with Gasteiger partial charge in [0, 0.05) is 18.9 Å². The molecule has 0 saturated heterocycles. The maximum absolute atomic E-state index is 12.3. The number of nitrogens with zero attached hydrogens (tertiary/aromatic N) is 1. The first-order chi connectivity index (χ1) is 11.3. The topological polar surface area (TPSA) is 63.7 Å². The van der Waals surface area contributed by atoms with Gasteiger partial charge in [-0.05, 0) is 29.8 Å². The first kappa shape index (κ1) is 18.0. The van der Waals surface area contributed by atoms with Crippen LogP contribution in [0.15, 0.2) is 54.6 Å². The number of para-hydroxylation sites is 1. The number of benzene rings is 2. The number of carbonyl (C=O) groups excluding carboxylic acids is 1. The van der Waals surface area contributed by atoms with E-state index in [1.54, 1.807) is 36.2 Å². The molecule has 0 aromatic heterocycles. The highest BCUT2D eigenvalue weighted by Gasteiger charge is 2.12. The molecule has 5 nitrogen and oxygen atoms in total. The predicted molar refractivity (Wildman–Crippen MR) is 93.9 cm³/mol. The van der Waals surface area contributed by atoms with Gasteiger partial charge in [0.1, 0.15) is 12.4 Å². The molecule has 0 fully saturated rings. The summed E-state index contributed by atoms with van der Waals surface area (Å²) in [4.78, 5) is 13.9. The maximum atomic E-state index is 12.3. The Balaban J connectivity index is 1.88. The summed E-state index contributed by atoms with van der Waals surface area (Å²) in [6.07, 6.45) is 1.19. The summed E-state index contributed by atoms with van der Waals surface area (Å²) < 4.78 is 28.1. The Morgan fingerprint density at radius 2 is 1.67 bits per heavy atom. The van der Waals surface area contributed by atoms with Gasteiger partial charge in [-0.1, -0.05) is 30.3 Å². The highest BCUT2D eigenvalue weighted by Crippen LogP contribution is 2.11. The fourth-order valence-electron chi connectivity index (χ4n) is 2.19. The van der Waals surface area contributed by atoms with Crippen LogP contribution in [-0.2, 0) is 15.6 Å². The standard InChI is InChI=1S/C18H21NO4S/c1-19(12-13-23-17-6-4-3-5-7-17)18(20)16-10-8-15(9-11-16)14-24(2,21)22/h3-11H,12-14H2,1-2H3. The Morgan fingerprint density at radius 3 is 2.25 bits per heavy atom. The van der Waals surface area contributed by atoms with Crippen molar-refractivity contribution in [3.8, 4) is 5.75 Å². The molecule has 0 bridgehead atoms. The van der Waals surface area contributed by atoms with Crippen molar-refractivity contribution in [1.29, 1.82) is 0 Å². The lowest BCUT2D eigenvalue weighted by Crippen LogP contribution is -2.30. The quantitative estimate of drug-likeness (QED) is 0.771. The van der Waals surface area contributed by atoms with E-state index in [1.165, 1.54) is 6.26 Å². The predicted octanol–water partition coefficient (Wildman–Crippen LogP) is 2.38. The summed E-state index contributed by atoms with van der Waals surface area (Å²) in [5.41, 5.74) is 1.19. The minimum Gasteiger partial charge on any atom is -0.492 e. The Morgan fingerprint density at radius 1 is 1.04 bits per heavy atom. The van der Waals surface area contributed by atoms with Crippen molar-refractivity contribution in [2.24, 2.45) is 0 Å². The summed E-state index contributed by atoms with van der Waals surface area (Å²) in [5.74, 6) is 0.614. The van der Waals surface area contributed by atoms with Crippen molar-refractivity contribution in [2.75, 3.05) is 26.5 Å². The molecule has 0 unspecified atom stereocenters. The molecule has 0 aliphatic rings. The average Bonchev–Trinajstić information content (AvgIpc) is 2.54. The second kappa shape index (κ2) is 7.97. The Hall–Kier alpha value is -2.34. The fraction of sp³-hybridized carbons (Fsp3) is 0.278. The van der Waals surface area contributed by atoms with Gasteiger partial charge in [-0.25, -0.2) is 8.42 Å². The summed E-state index contributed by atoms with van der Waals surface area (Å²) in [7, 11) is -1.37. The number of sulfone groups is 1. The highest BCUT2D eigenvalue weighted by atomic mass is 32.2. The second-order valence-corrected chi connectivity index (χ2v) is 7.80. The third-order valence-corrected chi connectivity index (χ3v) is 4.27. The molecule has 2 aromatic carbocycles. The number of ether oxygens (including phenoxy) is 1. The van der Waals surface area contributed by atoms with Crippen LogP contribution in [0.5, 0.6) is 5.75 Å². The number of amides is 1. The van der Waals surface area contributed by atoms with Crippen LogP contribution in [0.4, 0.5) is 0 Å². The van der Waals surface area contributed by atoms with Gasteiger partial charge in [-0.15, -0.1) is 0 Å². The number of hydrogen-bond acceptors (Lipinski definition) is 4. The van der Waals surface area contributed by atoms with Crippen LogP contribution in [-0.4, -0.2) is 45.7 Å². The van der Waals surface area contributed by atoms with Crippen molar-refractivity contribution in [3.63, 3.8) is 0 Å². The minimum absolute atomic E-state index is 0.0256. The molecule has 0 heterocycles. The number of rotatable bonds is 7. The van der Waals surface area contributed by atoms with E-state index >= 15 is 0 Å². The number of likely N-dealkylation sites (N-methyl/N-ethyl adjacent to an activating group) is 1. The van der Waals surface area contributed by atoms with Crippen LogP contribution < -0.4 is 4.74 Å². The van der Waals surface area contributed by atoms with E-state index in [2.05, 4.69) is 0 Å². The van der Waals surface area contributed by atoms with E-state index < -0.39 is 9.84 Å². The summed E-state index contributed by atoms with van der Waals surface area (Å²) in [6.45, 7) is 0.858. The molecule has 2 aromatic rings. The lowest BCUT2D eigenvalue weighted by molar-refractivity contribution is 0.0774. The first-order valence-electron chi connectivity index (χ1n) is 7.55. The van der Waals surface area contributed by atoms with Crippen LogP contribution >= 0.6 is 0 Å². The van der Waals surface area contributed by atoms with Crippen molar-refractivity contribution < 1.29 is 17.9 Å². The normalized spacial score (nSPS) is 11.1. The summed E-state index contributed by atoms with van der Waals surface area (Å²) >= 11 is 0. The fourth-order valence-corrected chi connectivity index (χ4v) is 2.98. The van der Waals surface area contributed by atoms with Gasteiger partial charge in [0.05, 0.1) is 12.3 Å². The van der Waals surface area contributed by atoms with E-state index in [4.69, 9.17) is 4.74 Å². The Labute approximate surface area is 142 Å². The van der Waals surface area contributed by atoms with Crippen molar-refractivity contribution in [3.05, 3.63) is 65.7 Å². The average molecular weight is 347 g/mol. The third-order valence-electron chi connectivity index (χ3n) is 3.42. The first-order valence-corrected chi connectivity index (χ1v) is 9.61. The van der Waals surface area contributed by atoms with Gasteiger partial charge in [-0.3, -0.25) is 4.79 Å². The van der Waals surface area contributed by atoms with Crippen LogP contribution in [0.1, 0.15) is 15.9 Å². The van der Waals surface area contributed by atoms with Crippen LogP contribution in [0, 0.1) is 0 Å². The van der Waals surface area contributed by atoms with Gasteiger partial charge in [-0.2, -0.15) is 0 Å². The molecule has 0 aliphatic carbocycles. The van der Waals surface area contributed by atoms with Crippen molar-refractivity contribution in [2.45, 2.75) is 5.75 Å². The lowest BCUT2D eigenvalue weighted by Gasteiger charge is -2.17. The van der Waals surface area contributed by atoms with Gasteiger partial charge in [0.25, 0.3) is 5.91 Å². The molecular formula is C18H21NO4S. The monoisotopic (exact) mass is 347 g/mol. The summed E-state index contributed by atoms with van der Waals surface area (Å²) in [5, 5.41) is 0. The van der Waals surface area contributed by atoms with Gasteiger partial charge >= 0.3 is 0 Å². The molecule has 6 heteroatoms. The van der Waals surface area contributed by atoms with Crippen LogP contribution in [0.25, 0.3) is 0 Å². The smallest absolute Gasteiger partial charge is 0.253 e. The van der Waals surface area contributed by atoms with Crippen molar-refractivity contribution >= 4 is 15.7 Å². The van der Waals surface area contributed by atoms with E-state index in [1.807, 2.05) is 30.3 Å². The van der Waals surface area contributed by atoms with E-state index in [9.17, 15) is 13.2 Å². The molecule has 0 N–H and O–H groups in total. The number of hydrogen-bond donors (Lipinski definition) is 0. The molecular weight excluding hydrogens is 326 g/mol. The Bertz CT molecular complexity index is 770. The summed E-state index contributed by atoms with van der Waals surface area (Å²) in [6, 6.07) is 16.1. The molecule has 24 heavy (non-hydrogen) atoms. The molecule has 0 aliphatic heterocycles. The number of carbonyl (C=O) groups is 1. The van der Waals surface area contributed by atoms with E-state index in [0.29, 0.717) is 24.3 Å². The second-order valence-electron chi connectivity index (χ2n) is 5.66. The zero-order valence-electron chi connectivity index (χ0n) is 13.8. The molecule has 2 rings (SSSR count). The zero-order valence-corrected chi connectivity index (χ0v) is 14.6. The molecule has 0 radical (unpaired) electrons. The largest absolute Gasteiger partial charge is 0.492 e. The molecule has 0 spiro atoms. The van der Waals surface area contributed by atoms with Crippen LogP contribution in [0.2, 0.25) is 0 Å². The Kier molecular flexibility index (Phi) is 5.98.